The summed E-state index contributed by atoms with van der Waals surface area (Å²) in [6, 6.07) is 0. The normalized spacial score (nSPS) is 10.8. The second kappa shape index (κ2) is 7.55. The quantitative estimate of drug-likeness (QED) is 0.478. The summed E-state index contributed by atoms with van der Waals surface area (Å²) in [6.07, 6.45) is 2.63. The molecule has 0 aromatic carbocycles. The van der Waals surface area contributed by atoms with Gasteiger partial charge in [-0.15, -0.1) is 0 Å². The molecule has 0 aromatic rings. The van der Waals surface area contributed by atoms with Gasteiger partial charge >= 0.3 is 0 Å². The van der Waals surface area contributed by atoms with Crippen LogP contribution in [0.4, 0.5) is 0 Å². The molecule has 0 atom stereocenters. The zero-order valence-corrected chi connectivity index (χ0v) is 8.65. The molecule has 0 aromatic heterocycles. The largest absolute Gasteiger partial charge is 0.304 e. The van der Waals surface area contributed by atoms with Gasteiger partial charge in [0.05, 0.1) is 0 Å². The lowest BCUT2D eigenvalue weighted by atomic mass is 10.3. The molecule has 0 aliphatic carbocycles. The summed E-state index contributed by atoms with van der Waals surface area (Å²) in [6.45, 7) is 8.09. The fraction of sp³-hybridized carbons (Fsp3) is 1.00. The molecule has 2 heteroatoms. The maximum absolute atomic E-state index is 3.42. The number of hydrogen-bond donors (Lipinski definition) is 0. The van der Waals surface area contributed by atoms with Crippen molar-refractivity contribution >= 4 is 15.9 Å². The lowest BCUT2D eigenvalue weighted by Crippen LogP contribution is -2.23. The molecule has 0 unspecified atom stereocenters. The van der Waals surface area contributed by atoms with Crippen LogP contribution in [-0.2, 0) is 0 Å². The fourth-order valence-corrected chi connectivity index (χ4v) is 1.37. The molecule has 0 aliphatic rings. The topological polar surface area (TPSA) is 3.24 Å². The maximum Gasteiger partial charge on any atom is 0.00317 e. The fourth-order valence-electron chi connectivity index (χ4n) is 0.970. The smallest absolute Gasteiger partial charge is 0.00317 e. The first-order valence-electron chi connectivity index (χ1n) is 4.13. The van der Waals surface area contributed by atoms with Crippen LogP contribution in [0.3, 0.4) is 0 Å². The van der Waals surface area contributed by atoms with E-state index in [1.165, 1.54) is 32.5 Å². The van der Waals surface area contributed by atoms with Gasteiger partial charge in [0, 0.05) is 5.33 Å². The van der Waals surface area contributed by atoms with Gasteiger partial charge in [0.25, 0.3) is 0 Å². The van der Waals surface area contributed by atoms with Gasteiger partial charge in [0.15, 0.2) is 0 Å². The lowest BCUT2D eigenvalue weighted by Gasteiger charge is -2.16. The Balaban J connectivity index is 3.09. The molecule has 0 N–H and O–H groups in total. The average molecular weight is 208 g/mol. The van der Waals surface area contributed by atoms with E-state index in [0.29, 0.717) is 0 Å². The van der Waals surface area contributed by atoms with Crippen molar-refractivity contribution in [3.8, 4) is 0 Å². The Morgan fingerprint density at radius 2 is 1.70 bits per heavy atom. The first-order valence-corrected chi connectivity index (χ1v) is 5.25. The predicted molar refractivity (Wildman–Crippen MR) is 50.8 cm³/mol. The molecule has 0 fully saturated rings. The van der Waals surface area contributed by atoms with Crippen LogP contribution in [-0.4, -0.2) is 29.9 Å². The second-order valence-electron chi connectivity index (χ2n) is 2.42. The Kier molecular flexibility index (Phi) is 7.88. The molecule has 0 radical (unpaired) electrons. The average Bonchev–Trinajstić information content (AvgIpc) is 1.99. The van der Waals surface area contributed by atoms with Crippen molar-refractivity contribution in [1.29, 1.82) is 0 Å². The highest BCUT2D eigenvalue weighted by atomic mass is 79.9. The third-order valence-electron chi connectivity index (χ3n) is 1.75. The zero-order valence-electron chi connectivity index (χ0n) is 7.07. The molecule has 10 heavy (non-hydrogen) atoms. The Morgan fingerprint density at radius 3 is 2.10 bits per heavy atom. The Hall–Kier alpha value is 0.440. The maximum atomic E-state index is 3.42. The van der Waals surface area contributed by atoms with Crippen molar-refractivity contribution in [2.75, 3.05) is 25.0 Å². The van der Waals surface area contributed by atoms with E-state index in [-0.39, 0.29) is 0 Å². The highest BCUT2D eigenvalue weighted by Gasteiger charge is 1.96. The summed E-state index contributed by atoms with van der Waals surface area (Å²) in [5.41, 5.74) is 0. The molecule has 0 rings (SSSR count). The summed E-state index contributed by atoms with van der Waals surface area (Å²) in [4.78, 5) is 2.46. The Bertz CT molecular complexity index is 62.3. The summed E-state index contributed by atoms with van der Waals surface area (Å²) in [7, 11) is 0. The van der Waals surface area contributed by atoms with Crippen molar-refractivity contribution in [3.05, 3.63) is 0 Å². The monoisotopic (exact) mass is 207 g/mol. The van der Waals surface area contributed by atoms with Crippen molar-refractivity contribution in [3.63, 3.8) is 0 Å². The van der Waals surface area contributed by atoms with E-state index in [1.807, 2.05) is 0 Å². The van der Waals surface area contributed by atoms with Gasteiger partial charge in [-0.25, -0.2) is 0 Å². The summed E-state index contributed by atoms with van der Waals surface area (Å²) < 4.78 is 0. The number of unbranched alkanes of at least 4 members (excludes halogenated alkanes) is 1. The number of nitrogens with zero attached hydrogens (tertiary/aromatic N) is 1. The number of hydrogen-bond acceptors (Lipinski definition) is 1. The summed E-state index contributed by atoms with van der Waals surface area (Å²) >= 11 is 3.42. The van der Waals surface area contributed by atoms with Crippen LogP contribution in [0.15, 0.2) is 0 Å². The molecular weight excluding hydrogens is 190 g/mol. The van der Waals surface area contributed by atoms with E-state index in [4.69, 9.17) is 0 Å². The van der Waals surface area contributed by atoms with Gasteiger partial charge in [0.2, 0.25) is 0 Å². The zero-order chi connectivity index (χ0) is 7.82. The molecule has 0 heterocycles. The van der Waals surface area contributed by atoms with E-state index in [1.54, 1.807) is 0 Å². The third kappa shape index (κ3) is 5.24. The summed E-state index contributed by atoms with van der Waals surface area (Å²) in [5.74, 6) is 0. The van der Waals surface area contributed by atoms with Gasteiger partial charge in [-0.2, -0.15) is 0 Å². The van der Waals surface area contributed by atoms with Gasteiger partial charge < -0.3 is 4.90 Å². The highest BCUT2D eigenvalue weighted by molar-refractivity contribution is 9.09. The van der Waals surface area contributed by atoms with Crippen molar-refractivity contribution in [2.45, 2.75) is 26.7 Å². The van der Waals surface area contributed by atoms with Gasteiger partial charge in [-0.3, -0.25) is 0 Å². The van der Waals surface area contributed by atoms with Crippen LogP contribution < -0.4 is 0 Å². The van der Waals surface area contributed by atoms with E-state index >= 15 is 0 Å². The lowest BCUT2D eigenvalue weighted by molar-refractivity contribution is 0.299. The second-order valence-corrected chi connectivity index (χ2v) is 3.22. The molecule has 0 bridgehead atoms. The minimum atomic E-state index is 1.15. The van der Waals surface area contributed by atoms with Crippen LogP contribution in [0.5, 0.6) is 0 Å². The number of alkyl halides is 1. The van der Waals surface area contributed by atoms with Gasteiger partial charge in [-0.1, -0.05) is 29.8 Å². The highest BCUT2D eigenvalue weighted by Crippen LogP contribution is 1.96. The van der Waals surface area contributed by atoms with Crippen molar-refractivity contribution in [1.82, 2.24) is 4.90 Å². The van der Waals surface area contributed by atoms with E-state index in [2.05, 4.69) is 34.7 Å². The molecule has 0 amide bonds. The SMILES string of the molecule is CCN(CC)CCCCBr. The minimum Gasteiger partial charge on any atom is -0.304 e. The van der Waals surface area contributed by atoms with E-state index < -0.39 is 0 Å². The van der Waals surface area contributed by atoms with Crippen LogP contribution in [0, 0.1) is 0 Å². The Labute approximate surface area is 72.9 Å². The van der Waals surface area contributed by atoms with Crippen LogP contribution >= 0.6 is 15.9 Å². The van der Waals surface area contributed by atoms with Crippen molar-refractivity contribution in [2.24, 2.45) is 0 Å². The predicted octanol–water partition coefficient (Wildman–Crippen LogP) is 2.50. The molecule has 0 saturated heterocycles. The van der Waals surface area contributed by atoms with Gasteiger partial charge in [0.1, 0.15) is 0 Å². The van der Waals surface area contributed by atoms with Gasteiger partial charge in [-0.05, 0) is 32.5 Å². The van der Waals surface area contributed by atoms with Crippen LogP contribution in [0.25, 0.3) is 0 Å². The van der Waals surface area contributed by atoms with Crippen LogP contribution in [0.2, 0.25) is 0 Å². The van der Waals surface area contributed by atoms with Crippen LogP contribution in [0.1, 0.15) is 26.7 Å². The first kappa shape index (κ1) is 10.4. The molecular formula is C8H18BrN. The third-order valence-corrected chi connectivity index (χ3v) is 2.31. The number of halogens is 1. The number of rotatable bonds is 6. The van der Waals surface area contributed by atoms with E-state index in [9.17, 15) is 0 Å². The molecule has 0 aliphatic heterocycles. The standard InChI is InChI=1S/C8H18BrN/c1-3-10(4-2)8-6-5-7-9/h3-8H2,1-2H3. The Morgan fingerprint density at radius 1 is 1.10 bits per heavy atom. The molecule has 0 saturated carbocycles. The first-order chi connectivity index (χ1) is 4.85. The van der Waals surface area contributed by atoms with Crippen molar-refractivity contribution < 1.29 is 0 Å². The molecule has 62 valence electrons. The summed E-state index contributed by atoms with van der Waals surface area (Å²) in [5, 5.41) is 1.15. The van der Waals surface area contributed by atoms with E-state index in [0.717, 1.165) is 5.33 Å². The minimum absolute atomic E-state index is 1.15. The molecule has 1 nitrogen and oxygen atoms in total. The molecule has 0 spiro atoms.